The van der Waals surface area contributed by atoms with Gasteiger partial charge in [-0.15, -0.1) is 0 Å². The number of nitrogens with one attached hydrogen (secondary N) is 1. The molecule has 1 atom stereocenters. The zero-order chi connectivity index (χ0) is 15.0. The lowest BCUT2D eigenvalue weighted by molar-refractivity contribution is -0.150. The Morgan fingerprint density at radius 3 is 2.75 bits per heavy atom. The fraction of sp³-hybridized carbons (Fsp3) is 0.533. The number of rotatable bonds is 8. The van der Waals surface area contributed by atoms with Crippen LogP contribution in [0, 0.1) is 0 Å². The third-order valence-corrected chi connectivity index (χ3v) is 3.29. The molecule has 1 N–H and O–H groups in total. The molecule has 4 nitrogen and oxygen atoms in total. The summed E-state index contributed by atoms with van der Waals surface area (Å²) in [6.45, 7) is 7.77. The van der Waals surface area contributed by atoms with E-state index in [2.05, 4.69) is 28.2 Å². The number of hydrogen-bond acceptors (Lipinski definition) is 4. The van der Waals surface area contributed by atoms with Crippen molar-refractivity contribution in [3.8, 4) is 5.75 Å². The molecular formula is C15H22BrNO3. The Labute approximate surface area is 129 Å². The van der Waals surface area contributed by atoms with Crippen LogP contribution >= 0.6 is 15.9 Å². The average Bonchev–Trinajstić information content (AvgIpc) is 2.42. The van der Waals surface area contributed by atoms with Gasteiger partial charge in [-0.1, -0.05) is 13.0 Å². The fourth-order valence-corrected chi connectivity index (χ4v) is 2.18. The van der Waals surface area contributed by atoms with Gasteiger partial charge in [0, 0.05) is 6.54 Å². The molecule has 1 unspecified atom stereocenters. The Morgan fingerprint density at radius 1 is 1.40 bits per heavy atom. The predicted octanol–water partition coefficient (Wildman–Crippen LogP) is 3.28. The van der Waals surface area contributed by atoms with Crippen LogP contribution < -0.4 is 10.1 Å². The highest BCUT2D eigenvalue weighted by molar-refractivity contribution is 9.10. The van der Waals surface area contributed by atoms with Crippen molar-refractivity contribution < 1.29 is 14.3 Å². The van der Waals surface area contributed by atoms with Crippen molar-refractivity contribution in [2.24, 2.45) is 0 Å². The smallest absolute Gasteiger partial charge is 0.347 e. The molecule has 0 aliphatic heterocycles. The monoisotopic (exact) mass is 343 g/mol. The third-order valence-electron chi connectivity index (χ3n) is 2.67. The minimum absolute atomic E-state index is 0.354. The van der Waals surface area contributed by atoms with Gasteiger partial charge < -0.3 is 14.8 Å². The molecule has 0 spiro atoms. The molecule has 1 rings (SSSR count). The second-order valence-electron chi connectivity index (χ2n) is 4.45. The van der Waals surface area contributed by atoms with Crippen LogP contribution in [0.2, 0.25) is 0 Å². The Hall–Kier alpha value is -1.07. The zero-order valence-corrected chi connectivity index (χ0v) is 13.8. The van der Waals surface area contributed by atoms with Crippen LogP contribution in [0.3, 0.4) is 0 Å². The summed E-state index contributed by atoms with van der Waals surface area (Å²) in [5.41, 5.74) is 1.17. The number of halogens is 1. The first kappa shape index (κ1) is 17.0. The van der Waals surface area contributed by atoms with E-state index >= 15 is 0 Å². The molecule has 1 aromatic carbocycles. The van der Waals surface area contributed by atoms with Gasteiger partial charge in [0.2, 0.25) is 0 Å². The van der Waals surface area contributed by atoms with Crippen LogP contribution in [0.4, 0.5) is 0 Å². The second kappa shape index (κ2) is 8.97. The molecule has 0 radical (unpaired) electrons. The fourth-order valence-electron chi connectivity index (χ4n) is 1.66. The SMILES string of the molecule is CCCNCc1ccc(OC(C)C(=O)OCC)c(Br)c1. The molecule has 5 heteroatoms. The lowest BCUT2D eigenvalue weighted by Gasteiger charge is -2.15. The Kier molecular flexibility index (Phi) is 7.62. The first-order valence-electron chi connectivity index (χ1n) is 6.90. The Morgan fingerprint density at radius 2 is 2.15 bits per heavy atom. The molecule has 1 aromatic rings. The number of ether oxygens (including phenoxy) is 2. The topological polar surface area (TPSA) is 47.6 Å². The number of benzene rings is 1. The average molecular weight is 344 g/mol. The minimum atomic E-state index is -0.615. The van der Waals surface area contributed by atoms with Gasteiger partial charge in [0.25, 0.3) is 0 Å². The molecule has 0 bridgehead atoms. The summed E-state index contributed by atoms with van der Waals surface area (Å²) in [5, 5.41) is 3.34. The van der Waals surface area contributed by atoms with Crippen LogP contribution in [0.1, 0.15) is 32.8 Å². The molecule has 0 fully saturated rings. The summed E-state index contributed by atoms with van der Waals surface area (Å²) in [6, 6.07) is 5.85. The van der Waals surface area contributed by atoms with Crippen molar-refractivity contribution in [3.05, 3.63) is 28.2 Å². The van der Waals surface area contributed by atoms with Crippen LogP contribution in [0.25, 0.3) is 0 Å². The molecular weight excluding hydrogens is 322 g/mol. The zero-order valence-electron chi connectivity index (χ0n) is 12.2. The molecule has 0 heterocycles. The van der Waals surface area contributed by atoms with Crippen molar-refractivity contribution in [2.75, 3.05) is 13.2 Å². The van der Waals surface area contributed by atoms with Crippen molar-refractivity contribution in [1.82, 2.24) is 5.32 Å². The first-order valence-corrected chi connectivity index (χ1v) is 7.70. The van der Waals surface area contributed by atoms with Crippen LogP contribution in [0.15, 0.2) is 22.7 Å². The molecule has 0 saturated heterocycles. The van der Waals surface area contributed by atoms with Gasteiger partial charge in [-0.2, -0.15) is 0 Å². The molecule has 20 heavy (non-hydrogen) atoms. The number of carbonyl (C=O) groups excluding carboxylic acids is 1. The van der Waals surface area contributed by atoms with Gasteiger partial charge in [0.1, 0.15) is 5.75 Å². The molecule has 0 saturated carbocycles. The highest BCUT2D eigenvalue weighted by Gasteiger charge is 2.16. The molecule has 0 aromatic heterocycles. The van der Waals surface area contributed by atoms with E-state index in [1.165, 1.54) is 5.56 Å². The summed E-state index contributed by atoms with van der Waals surface area (Å²) in [4.78, 5) is 11.5. The number of hydrogen-bond donors (Lipinski definition) is 1. The van der Waals surface area contributed by atoms with Crippen LogP contribution in [-0.2, 0) is 16.1 Å². The van der Waals surface area contributed by atoms with Gasteiger partial charge >= 0.3 is 5.97 Å². The van der Waals surface area contributed by atoms with Crippen molar-refractivity contribution >= 4 is 21.9 Å². The summed E-state index contributed by atoms with van der Waals surface area (Å²) in [7, 11) is 0. The van der Waals surface area contributed by atoms with E-state index in [1.807, 2.05) is 18.2 Å². The van der Waals surface area contributed by atoms with Crippen molar-refractivity contribution in [2.45, 2.75) is 39.8 Å². The number of carbonyl (C=O) groups is 1. The summed E-state index contributed by atoms with van der Waals surface area (Å²) in [5.74, 6) is 0.290. The minimum Gasteiger partial charge on any atom is -0.478 e. The summed E-state index contributed by atoms with van der Waals surface area (Å²) < 4.78 is 11.4. The number of esters is 1. The third kappa shape index (κ3) is 5.51. The molecule has 0 aliphatic rings. The van der Waals surface area contributed by atoms with Crippen molar-refractivity contribution in [1.29, 1.82) is 0 Å². The molecule has 0 aliphatic carbocycles. The maximum Gasteiger partial charge on any atom is 0.347 e. The van der Waals surface area contributed by atoms with E-state index in [4.69, 9.17) is 9.47 Å². The van der Waals surface area contributed by atoms with Gasteiger partial charge in [-0.3, -0.25) is 0 Å². The molecule has 112 valence electrons. The van der Waals surface area contributed by atoms with Gasteiger partial charge in [0.05, 0.1) is 11.1 Å². The van der Waals surface area contributed by atoms with E-state index in [-0.39, 0.29) is 5.97 Å². The van der Waals surface area contributed by atoms with E-state index in [9.17, 15) is 4.79 Å². The van der Waals surface area contributed by atoms with E-state index in [1.54, 1.807) is 13.8 Å². The standard InChI is InChI=1S/C15H22BrNO3/c1-4-8-17-10-12-6-7-14(13(16)9-12)20-11(3)15(18)19-5-2/h6-7,9,11,17H,4-5,8,10H2,1-3H3. The highest BCUT2D eigenvalue weighted by Crippen LogP contribution is 2.27. The van der Waals surface area contributed by atoms with Gasteiger partial charge in [-0.05, 0) is 60.4 Å². The van der Waals surface area contributed by atoms with Crippen LogP contribution in [-0.4, -0.2) is 25.2 Å². The maximum atomic E-state index is 11.5. The Bertz CT molecular complexity index is 437. The quantitative estimate of drug-likeness (QED) is 0.581. The maximum absolute atomic E-state index is 11.5. The normalized spacial score (nSPS) is 12.0. The predicted molar refractivity (Wildman–Crippen MR) is 82.9 cm³/mol. The van der Waals surface area contributed by atoms with Gasteiger partial charge in [-0.25, -0.2) is 4.79 Å². The highest BCUT2D eigenvalue weighted by atomic mass is 79.9. The van der Waals surface area contributed by atoms with E-state index in [0.29, 0.717) is 12.4 Å². The lowest BCUT2D eigenvalue weighted by atomic mass is 10.2. The summed E-state index contributed by atoms with van der Waals surface area (Å²) >= 11 is 3.47. The van der Waals surface area contributed by atoms with Crippen molar-refractivity contribution in [3.63, 3.8) is 0 Å². The molecule has 0 amide bonds. The first-order chi connectivity index (χ1) is 9.58. The van der Waals surface area contributed by atoms with Gasteiger partial charge in [0.15, 0.2) is 6.10 Å². The van der Waals surface area contributed by atoms with E-state index < -0.39 is 6.10 Å². The summed E-state index contributed by atoms with van der Waals surface area (Å²) in [6.07, 6.45) is 0.495. The Balaban J connectivity index is 2.61. The lowest BCUT2D eigenvalue weighted by Crippen LogP contribution is -2.26. The van der Waals surface area contributed by atoms with E-state index in [0.717, 1.165) is 24.0 Å². The largest absolute Gasteiger partial charge is 0.478 e. The van der Waals surface area contributed by atoms with Crippen LogP contribution in [0.5, 0.6) is 5.75 Å². The second-order valence-corrected chi connectivity index (χ2v) is 5.31.